The van der Waals surface area contributed by atoms with Crippen molar-refractivity contribution in [1.82, 2.24) is 0 Å². The number of benzene rings is 1. The molecule has 0 aliphatic heterocycles. The topological polar surface area (TPSA) is 26.3 Å². The fourth-order valence-electron chi connectivity index (χ4n) is 2.09. The van der Waals surface area contributed by atoms with E-state index < -0.39 is 8.07 Å². The van der Waals surface area contributed by atoms with E-state index in [1.807, 2.05) is 13.0 Å². The fraction of sp³-hybridized carbons (Fsp3) is 0.400. The predicted molar refractivity (Wildman–Crippen MR) is 78.6 cm³/mol. The van der Waals surface area contributed by atoms with Gasteiger partial charge in [0.25, 0.3) is 0 Å². The molecule has 1 aromatic rings. The molecule has 0 N–H and O–H groups in total. The van der Waals surface area contributed by atoms with Crippen LogP contribution in [0.15, 0.2) is 41.6 Å². The Hall–Kier alpha value is -1.35. The standard InChI is InChI=1S/C15H22O2Si/c1-5-13(12-15(16)17-6-2)18(3,4)14-10-8-7-9-11-14/h7-12H,5-6H2,1-4H3/b13-12+. The van der Waals surface area contributed by atoms with E-state index in [1.165, 1.54) is 10.4 Å². The molecule has 0 unspecified atom stereocenters. The van der Waals surface area contributed by atoms with Gasteiger partial charge >= 0.3 is 5.97 Å². The number of esters is 1. The summed E-state index contributed by atoms with van der Waals surface area (Å²) in [6.45, 7) is 8.91. The van der Waals surface area contributed by atoms with E-state index in [-0.39, 0.29) is 5.97 Å². The summed E-state index contributed by atoms with van der Waals surface area (Å²) in [6, 6.07) is 10.4. The van der Waals surface area contributed by atoms with Crippen LogP contribution in [0, 0.1) is 0 Å². The summed E-state index contributed by atoms with van der Waals surface area (Å²) < 4.78 is 5.01. The Morgan fingerprint density at radius 3 is 2.33 bits per heavy atom. The van der Waals surface area contributed by atoms with E-state index in [0.29, 0.717) is 6.61 Å². The van der Waals surface area contributed by atoms with Gasteiger partial charge in [-0.3, -0.25) is 0 Å². The molecule has 0 radical (unpaired) electrons. The number of hydrogen-bond acceptors (Lipinski definition) is 2. The van der Waals surface area contributed by atoms with Crippen LogP contribution in [-0.4, -0.2) is 20.7 Å². The Balaban J connectivity index is 3.04. The van der Waals surface area contributed by atoms with Crippen molar-refractivity contribution < 1.29 is 9.53 Å². The maximum absolute atomic E-state index is 11.6. The second-order valence-electron chi connectivity index (χ2n) is 4.77. The molecule has 0 aromatic heterocycles. The second-order valence-corrected chi connectivity index (χ2v) is 9.24. The van der Waals surface area contributed by atoms with E-state index >= 15 is 0 Å². The first kappa shape index (κ1) is 14.7. The minimum atomic E-state index is -1.74. The SMILES string of the molecule is CCOC(=O)/C=C(\CC)[Si](C)(C)c1ccccc1. The molecule has 2 nitrogen and oxygen atoms in total. The molecule has 0 atom stereocenters. The van der Waals surface area contributed by atoms with E-state index in [2.05, 4.69) is 44.3 Å². The summed E-state index contributed by atoms with van der Waals surface area (Å²) in [5, 5.41) is 2.58. The molecule has 0 bridgehead atoms. The lowest BCUT2D eigenvalue weighted by Gasteiger charge is -2.25. The molecule has 0 saturated carbocycles. The minimum absolute atomic E-state index is 0.217. The number of rotatable bonds is 5. The van der Waals surface area contributed by atoms with E-state index in [1.54, 1.807) is 6.08 Å². The quantitative estimate of drug-likeness (QED) is 0.463. The zero-order valence-electron chi connectivity index (χ0n) is 11.7. The number of carbonyl (C=O) groups is 1. The third-order valence-corrected chi connectivity index (χ3v) is 7.14. The first-order valence-electron chi connectivity index (χ1n) is 6.45. The van der Waals surface area contributed by atoms with Crippen LogP contribution in [0.5, 0.6) is 0 Å². The van der Waals surface area contributed by atoms with Gasteiger partial charge in [-0.2, -0.15) is 0 Å². The Bertz CT molecular complexity index is 421. The van der Waals surface area contributed by atoms with E-state index in [4.69, 9.17) is 4.74 Å². The molecule has 1 rings (SSSR count). The van der Waals surface area contributed by atoms with Crippen molar-refractivity contribution in [3.05, 3.63) is 41.6 Å². The fourth-order valence-corrected chi connectivity index (χ4v) is 4.85. The van der Waals surface area contributed by atoms with Gasteiger partial charge in [-0.1, -0.05) is 60.7 Å². The molecule has 0 heterocycles. The van der Waals surface area contributed by atoms with Gasteiger partial charge in [0.15, 0.2) is 0 Å². The van der Waals surface area contributed by atoms with Crippen LogP contribution in [0.4, 0.5) is 0 Å². The lowest BCUT2D eigenvalue weighted by Crippen LogP contribution is -2.43. The Morgan fingerprint density at radius 1 is 1.22 bits per heavy atom. The van der Waals surface area contributed by atoms with Crippen molar-refractivity contribution in [2.75, 3.05) is 6.61 Å². The van der Waals surface area contributed by atoms with Gasteiger partial charge in [0.05, 0.1) is 6.61 Å². The summed E-state index contributed by atoms with van der Waals surface area (Å²) in [4.78, 5) is 11.6. The summed E-state index contributed by atoms with van der Waals surface area (Å²) in [6.07, 6.45) is 2.59. The van der Waals surface area contributed by atoms with Gasteiger partial charge in [0.1, 0.15) is 8.07 Å². The Labute approximate surface area is 111 Å². The highest BCUT2D eigenvalue weighted by atomic mass is 28.3. The third-order valence-electron chi connectivity index (χ3n) is 3.26. The molecule has 1 aromatic carbocycles. The van der Waals surface area contributed by atoms with Crippen molar-refractivity contribution in [2.24, 2.45) is 0 Å². The molecule has 0 spiro atoms. The van der Waals surface area contributed by atoms with E-state index in [9.17, 15) is 4.79 Å². The zero-order chi connectivity index (χ0) is 13.6. The van der Waals surface area contributed by atoms with Crippen molar-refractivity contribution in [3.63, 3.8) is 0 Å². The maximum Gasteiger partial charge on any atom is 0.330 e. The largest absolute Gasteiger partial charge is 0.463 e. The zero-order valence-corrected chi connectivity index (χ0v) is 12.7. The van der Waals surface area contributed by atoms with Crippen molar-refractivity contribution in [1.29, 1.82) is 0 Å². The molecular formula is C15H22O2Si. The van der Waals surface area contributed by atoms with Gasteiger partial charge in [-0.25, -0.2) is 4.79 Å². The lowest BCUT2D eigenvalue weighted by molar-refractivity contribution is -0.137. The Kier molecular flexibility index (Phi) is 5.35. The molecule has 0 aliphatic carbocycles. The molecule has 0 fully saturated rings. The number of hydrogen-bond donors (Lipinski definition) is 0. The average Bonchev–Trinajstić information content (AvgIpc) is 2.37. The van der Waals surface area contributed by atoms with Crippen LogP contribution in [0.25, 0.3) is 0 Å². The smallest absolute Gasteiger partial charge is 0.330 e. The minimum Gasteiger partial charge on any atom is -0.463 e. The normalized spacial score (nSPS) is 12.3. The second kappa shape index (κ2) is 6.54. The van der Waals surface area contributed by atoms with E-state index in [0.717, 1.165) is 6.42 Å². The maximum atomic E-state index is 11.6. The molecular weight excluding hydrogens is 240 g/mol. The van der Waals surface area contributed by atoms with Gasteiger partial charge < -0.3 is 4.74 Å². The van der Waals surface area contributed by atoms with Gasteiger partial charge in [-0.05, 0) is 13.3 Å². The lowest BCUT2D eigenvalue weighted by atomic mass is 10.4. The van der Waals surface area contributed by atoms with Crippen LogP contribution in [-0.2, 0) is 9.53 Å². The molecule has 0 saturated heterocycles. The van der Waals surface area contributed by atoms with Crippen molar-refractivity contribution in [2.45, 2.75) is 33.4 Å². The highest BCUT2D eigenvalue weighted by molar-refractivity contribution is 6.95. The molecule has 0 amide bonds. The molecule has 0 aliphatic rings. The Morgan fingerprint density at radius 2 is 1.83 bits per heavy atom. The van der Waals surface area contributed by atoms with Gasteiger partial charge in [-0.15, -0.1) is 0 Å². The van der Waals surface area contributed by atoms with Crippen molar-refractivity contribution in [3.8, 4) is 0 Å². The number of ether oxygens (including phenoxy) is 1. The number of carbonyl (C=O) groups excluding carboxylic acids is 1. The summed E-state index contributed by atoms with van der Waals surface area (Å²) in [5.41, 5.74) is 0. The summed E-state index contributed by atoms with van der Waals surface area (Å²) >= 11 is 0. The van der Waals surface area contributed by atoms with Crippen LogP contribution in [0.2, 0.25) is 13.1 Å². The van der Waals surface area contributed by atoms with Gasteiger partial charge in [0.2, 0.25) is 0 Å². The van der Waals surface area contributed by atoms with Crippen LogP contribution in [0.3, 0.4) is 0 Å². The van der Waals surface area contributed by atoms with Crippen LogP contribution < -0.4 is 5.19 Å². The summed E-state index contributed by atoms with van der Waals surface area (Å²) in [5.74, 6) is -0.217. The first-order chi connectivity index (χ1) is 8.52. The highest BCUT2D eigenvalue weighted by Gasteiger charge is 2.27. The summed E-state index contributed by atoms with van der Waals surface area (Å²) in [7, 11) is -1.74. The van der Waals surface area contributed by atoms with Crippen LogP contribution >= 0.6 is 0 Å². The molecule has 18 heavy (non-hydrogen) atoms. The van der Waals surface area contributed by atoms with Crippen LogP contribution in [0.1, 0.15) is 20.3 Å². The average molecular weight is 262 g/mol. The predicted octanol–water partition coefficient (Wildman–Crippen LogP) is 3.04. The van der Waals surface area contributed by atoms with Crippen molar-refractivity contribution >= 4 is 19.2 Å². The number of allylic oxidation sites excluding steroid dienone is 1. The molecule has 98 valence electrons. The van der Waals surface area contributed by atoms with Gasteiger partial charge in [0, 0.05) is 6.08 Å². The third kappa shape index (κ3) is 3.57. The first-order valence-corrected chi connectivity index (χ1v) is 9.45. The monoisotopic (exact) mass is 262 g/mol. The highest BCUT2D eigenvalue weighted by Crippen LogP contribution is 2.18. The molecule has 3 heteroatoms.